The second-order valence-electron chi connectivity index (χ2n) is 4.43. The molecule has 0 aliphatic carbocycles. The Morgan fingerprint density at radius 2 is 2.00 bits per heavy atom. The Balaban J connectivity index is 3.18. The van der Waals surface area contributed by atoms with Crippen LogP contribution in [-0.4, -0.2) is 10.4 Å². The van der Waals surface area contributed by atoms with Crippen molar-refractivity contribution in [3.05, 3.63) is 23.5 Å². The summed E-state index contributed by atoms with van der Waals surface area (Å²) in [4.78, 5) is 0. The minimum atomic E-state index is 0.127. The zero-order valence-electron chi connectivity index (χ0n) is 8.76. The van der Waals surface area contributed by atoms with Crippen molar-refractivity contribution in [1.29, 1.82) is 0 Å². The van der Waals surface area contributed by atoms with E-state index in [1.807, 2.05) is 19.3 Å². The minimum absolute atomic E-state index is 0.127. The van der Waals surface area contributed by atoms with E-state index in [1.165, 1.54) is 5.69 Å². The number of amidine groups is 1. The van der Waals surface area contributed by atoms with Crippen LogP contribution in [0.25, 0.3) is 0 Å². The van der Waals surface area contributed by atoms with Gasteiger partial charge in [-0.25, -0.2) is 0 Å². The number of hydrogen-bond acceptors (Lipinski definition) is 0. The van der Waals surface area contributed by atoms with E-state index >= 15 is 0 Å². The van der Waals surface area contributed by atoms with E-state index in [1.54, 1.807) is 0 Å². The Hall–Kier alpha value is -1.25. The first kappa shape index (κ1) is 9.84. The van der Waals surface area contributed by atoms with Crippen LogP contribution in [0.2, 0.25) is 0 Å². The van der Waals surface area contributed by atoms with Gasteiger partial charge in [0.25, 0.3) is 5.84 Å². The van der Waals surface area contributed by atoms with Crippen LogP contribution in [0, 0.1) is 0 Å². The van der Waals surface area contributed by atoms with E-state index in [4.69, 9.17) is 11.1 Å². The predicted molar refractivity (Wildman–Crippen MR) is 54.3 cm³/mol. The van der Waals surface area contributed by atoms with Gasteiger partial charge in [-0.15, -0.1) is 0 Å². The molecule has 0 amide bonds. The lowest BCUT2D eigenvalue weighted by Crippen LogP contribution is -2.46. The fraction of sp³-hybridized carbons (Fsp3) is 0.500. The Morgan fingerprint density at radius 1 is 1.46 bits per heavy atom. The lowest BCUT2D eigenvalue weighted by Gasteiger charge is -2.19. The molecule has 3 nitrogen and oxygen atoms in total. The van der Waals surface area contributed by atoms with Crippen LogP contribution < -0.4 is 11.1 Å². The predicted octanol–water partition coefficient (Wildman–Crippen LogP) is -0.213. The number of nitrogens with zero attached hydrogens (tertiary/aromatic N) is 1. The first-order valence-corrected chi connectivity index (χ1v) is 4.37. The van der Waals surface area contributed by atoms with Crippen LogP contribution in [0.5, 0.6) is 0 Å². The fourth-order valence-electron chi connectivity index (χ4n) is 1.47. The van der Waals surface area contributed by atoms with E-state index in [0.717, 1.165) is 5.56 Å². The van der Waals surface area contributed by atoms with Crippen molar-refractivity contribution in [2.24, 2.45) is 12.8 Å². The molecule has 1 rings (SSSR count). The monoisotopic (exact) mass is 180 g/mol. The molecule has 0 saturated heterocycles. The summed E-state index contributed by atoms with van der Waals surface area (Å²) < 4.78 is 2.06. The smallest absolute Gasteiger partial charge is 0.272 e. The summed E-state index contributed by atoms with van der Waals surface area (Å²) in [5.74, 6) is 0.381. The summed E-state index contributed by atoms with van der Waals surface area (Å²) in [5.41, 5.74) is 7.79. The topological polar surface area (TPSA) is 56.5 Å². The van der Waals surface area contributed by atoms with Gasteiger partial charge in [-0.1, -0.05) is 20.8 Å². The second-order valence-corrected chi connectivity index (χ2v) is 4.43. The number of aromatic nitrogens is 1. The summed E-state index contributed by atoms with van der Waals surface area (Å²) in [6.07, 6.45) is 1.95. The molecule has 0 radical (unpaired) electrons. The van der Waals surface area contributed by atoms with Crippen LogP contribution in [-0.2, 0) is 12.5 Å². The standard InChI is InChI=1S/C10H17N3/c1-10(2,3)8-5-7(9(11)12)6-13(8)4/h5-6H,1-4H3,(H3,11,12)/p+1. The molecule has 0 unspecified atom stereocenters. The number of nitrogens with two attached hydrogens (primary N) is 2. The molecule has 0 aliphatic rings. The Labute approximate surface area is 79.1 Å². The maximum absolute atomic E-state index is 5.52. The SMILES string of the molecule is Cn1cc(C(N)=[NH2+])cc1C(C)(C)C. The van der Waals surface area contributed by atoms with Gasteiger partial charge in [-0.05, 0) is 6.07 Å². The first-order chi connectivity index (χ1) is 5.82. The molecule has 72 valence electrons. The van der Waals surface area contributed by atoms with Gasteiger partial charge in [-0.3, -0.25) is 11.1 Å². The van der Waals surface area contributed by atoms with Crippen LogP contribution in [0.4, 0.5) is 0 Å². The summed E-state index contributed by atoms with van der Waals surface area (Å²) >= 11 is 0. The van der Waals surface area contributed by atoms with Crippen LogP contribution in [0.1, 0.15) is 32.0 Å². The van der Waals surface area contributed by atoms with Gasteiger partial charge < -0.3 is 4.57 Å². The summed E-state index contributed by atoms with van der Waals surface area (Å²) in [7, 11) is 2.01. The van der Waals surface area contributed by atoms with Crippen molar-refractivity contribution in [1.82, 2.24) is 4.57 Å². The molecular formula is C10H18N3+. The number of aryl methyl sites for hydroxylation is 1. The third-order valence-electron chi connectivity index (χ3n) is 2.11. The third-order valence-corrected chi connectivity index (χ3v) is 2.11. The van der Waals surface area contributed by atoms with E-state index in [2.05, 4.69) is 25.3 Å². The maximum Gasteiger partial charge on any atom is 0.272 e. The molecule has 0 aliphatic heterocycles. The molecule has 1 aromatic heterocycles. The van der Waals surface area contributed by atoms with Gasteiger partial charge in [0.2, 0.25) is 0 Å². The molecule has 3 heteroatoms. The quantitative estimate of drug-likeness (QED) is 0.456. The van der Waals surface area contributed by atoms with Gasteiger partial charge in [0.05, 0.1) is 5.56 Å². The van der Waals surface area contributed by atoms with E-state index in [0.29, 0.717) is 5.84 Å². The second kappa shape index (κ2) is 2.91. The highest BCUT2D eigenvalue weighted by Crippen LogP contribution is 2.23. The largest absolute Gasteiger partial charge is 0.353 e. The fourth-order valence-corrected chi connectivity index (χ4v) is 1.47. The van der Waals surface area contributed by atoms with E-state index in [-0.39, 0.29) is 5.41 Å². The molecule has 0 aromatic carbocycles. The van der Waals surface area contributed by atoms with Crippen LogP contribution in [0.3, 0.4) is 0 Å². The summed E-state index contributed by atoms with van der Waals surface area (Å²) in [5, 5.41) is 5.52. The summed E-state index contributed by atoms with van der Waals surface area (Å²) in [6.45, 7) is 6.50. The van der Waals surface area contributed by atoms with Crippen molar-refractivity contribution in [3.8, 4) is 0 Å². The van der Waals surface area contributed by atoms with Gasteiger partial charge in [-0.2, -0.15) is 0 Å². The highest BCUT2D eigenvalue weighted by atomic mass is 14.9. The molecule has 0 fully saturated rings. The van der Waals surface area contributed by atoms with Crippen molar-refractivity contribution in [2.45, 2.75) is 26.2 Å². The van der Waals surface area contributed by atoms with Gasteiger partial charge in [0.15, 0.2) is 0 Å². The lowest BCUT2D eigenvalue weighted by atomic mass is 9.92. The average Bonchev–Trinajstić information content (AvgIpc) is 2.29. The minimum Gasteiger partial charge on any atom is -0.353 e. The van der Waals surface area contributed by atoms with Gasteiger partial charge >= 0.3 is 0 Å². The third kappa shape index (κ3) is 1.91. The highest BCUT2D eigenvalue weighted by molar-refractivity contribution is 5.92. The van der Waals surface area contributed by atoms with Crippen molar-refractivity contribution in [2.75, 3.05) is 0 Å². The van der Waals surface area contributed by atoms with Crippen molar-refractivity contribution < 1.29 is 5.41 Å². The molecule has 0 saturated carbocycles. The molecule has 1 heterocycles. The van der Waals surface area contributed by atoms with E-state index in [9.17, 15) is 0 Å². The van der Waals surface area contributed by atoms with Crippen LogP contribution >= 0.6 is 0 Å². The van der Waals surface area contributed by atoms with Crippen molar-refractivity contribution in [3.63, 3.8) is 0 Å². The van der Waals surface area contributed by atoms with Crippen LogP contribution in [0.15, 0.2) is 12.3 Å². The number of hydrogen-bond donors (Lipinski definition) is 2. The molecule has 0 spiro atoms. The molecule has 1 aromatic rings. The maximum atomic E-state index is 5.52. The zero-order valence-corrected chi connectivity index (χ0v) is 8.76. The van der Waals surface area contributed by atoms with Gasteiger partial charge in [0.1, 0.15) is 0 Å². The Bertz CT molecular complexity index is 328. The van der Waals surface area contributed by atoms with Crippen molar-refractivity contribution >= 4 is 5.84 Å². The highest BCUT2D eigenvalue weighted by Gasteiger charge is 2.19. The summed E-state index contributed by atoms with van der Waals surface area (Å²) in [6, 6.07) is 2.04. The zero-order chi connectivity index (χ0) is 10.2. The Kier molecular flexibility index (Phi) is 2.20. The lowest BCUT2D eigenvalue weighted by molar-refractivity contribution is -0.114. The molecule has 0 bridgehead atoms. The molecule has 4 N–H and O–H groups in total. The number of rotatable bonds is 1. The molecule has 0 atom stereocenters. The Morgan fingerprint density at radius 3 is 2.23 bits per heavy atom. The normalized spacial score (nSPS) is 11.7. The first-order valence-electron chi connectivity index (χ1n) is 4.37. The molecular weight excluding hydrogens is 162 g/mol. The molecule has 13 heavy (non-hydrogen) atoms. The van der Waals surface area contributed by atoms with Gasteiger partial charge in [0, 0.05) is 24.4 Å². The average molecular weight is 180 g/mol. The van der Waals surface area contributed by atoms with E-state index < -0.39 is 0 Å².